The molecule has 74 valence electrons. The molecule has 0 aromatic carbocycles. The van der Waals surface area contributed by atoms with Gasteiger partial charge in [0.1, 0.15) is 0 Å². The molecule has 0 saturated carbocycles. The van der Waals surface area contributed by atoms with Crippen LogP contribution in [0.25, 0.3) is 0 Å². The van der Waals surface area contributed by atoms with E-state index in [1.165, 1.54) is 0 Å². The third-order valence-electron chi connectivity index (χ3n) is 1.84. The van der Waals surface area contributed by atoms with Crippen LogP contribution in [0.3, 0.4) is 0 Å². The van der Waals surface area contributed by atoms with E-state index >= 15 is 0 Å². The molecule has 0 rings (SSSR count). The highest BCUT2D eigenvalue weighted by molar-refractivity contribution is 9.09. The van der Waals surface area contributed by atoms with Crippen molar-refractivity contribution in [2.75, 3.05) is 18.2 Å². The lowest BCUT2D eigenvalue weighted by atomic mass is 10.6. The number of alkyl halides is 1. The highest BCUT2D eigenvalue weighted by Crippen LogP contribution is 2.25. The highest BCUT2D eigenvalue weighted by atomic mass is 79.9. The highest BCUT2D eigenvalue weighted by Gasteiger charge is 2.39. The summed E-state index contributed by atoms with van der Waals surface area (Å²) in [5, 5.41) is 0. The van der Waals surface area contributed by atoms with Crippen LogP contribution < -0.4 is 0 Å². The molecule has 0 amide bonds. The van der Waals surface area contributed by atoms with E-state index in [9.17, 15) is 0 Å². The second-order valence-electron chi connectivity index (χ2n) is 2.97. The Kier molecular flexibility index (Phi) is 6.44. The minimum Gasteiger partial charge on any atom is -0.394 e. The monoisotopic (exact) mass is 254 g/mol. The van der Waals surface area contributed by atoms with E-state index in [1.807, 2.05) is 13.8 Å². The second kappa shape index (κ2) is 6.13. The smallest absolute Gasteiger partial charge is 0.351 e. The third-order valence-corrected chi connectivity index (χ3v) is 7.87. The Labute approximate surface area is 85.0 Å². The molecule has 0 aromatic heterocycles. The minimum absolute atomic E-state index is 0.497. The molecule has 0 radical (unpaired) electrons. The molecule has 0 aliphatic heterocycles. The molecule has 0 atom stereocenters. The zero-order valence-corrected chi connectivity index (χ0v) is 11.0. The van der Waals surface area contributed by atoms with E-state index in [1.54, 1.807) is 0 Å². The standard InChI is InChI=1S/C8H19BrO2Si/c1-5-10-12(7-9,8(3)4)11-6-2/h8H,5-7H2,1-4H3. The molecule has 0 unspecified atom stereocenters. The molecule has 4 heteroatoms. The van der Waals surface area contributed by atoms with Gasteiger partial charge >= 0.3 is 8.56 Å². The first-order valence-corrected chi connectivity index (χ1v) is 7.69. The van der Waals surface area contributed by atoms with Crippen molar-refractivity contribution in [2.45, 2.75) is 33.2 Å². The van der Waals surface area contributed by atoms with E-state index < -0.39 is 8.56 Å². The molecule has 0 fully saturated rings. The number of hydrogen-bond acceptors (Lipinski definition) is 2. The zero-order chi connectivity index (χ0) is 9.61. The molecule has 12 heavy (non-hydrogen) atoms. The maximum atomic E-state index is 5.75. The summed E-state index contributed by atoms with van der Waals surface area (Å²) in [6.45, 7) is 9.86. The van der Waals surface area contributed by atoms with Crippen molar-refractivity contribution in [1.29, 1.82) is 0 Å². The maximum absolute atomic E-state index is 5.75. The SMILES string of the molecule is CCO[Si](CBr)(OCC)C(C)C. The Balaban J connectivity index is 4.28. The van der Waals surface area contributed by atoms with Gasteiger partial charge in [0.25, 0.3) is 0 Å². The van der Waals surface area contributed by atoms with E-state index in [-0.39, 0.29) is 0 Å². The van der Waals surface area contributed by atoms with Gasteiger partial charge in [-0.15, -0.1) is 0 Å². The summed E-state index contributed by atoms with van der Waals surface area (Å²) >= 11 is 3.49. The second-order valence-corrected chi connectivity index (χ2v) is 8.27. The molecule has 0 bridgehead atoms. The van der Waals surface area contributed by atoms with Gasteiger partial charge in [-0.25, -0.2) is 0 Å². The van der Waals surface area contributed by atoms with Gasteiger partial charge in [0, 0.05) is 18.2 Å². The maximum Gasteiger partial charge on any atom is 0.351 e. The average molecular weight is 255 g/mol. The molecular formula is C8H19BrO2Si. The fourth-order valence-corrected chi connectivity index (χ4v) is 6.20. The Morgan fingerprint density at radius 3 is 1.75 bits per heavy atom. The molecule has 0 spiro atoms. The lowest BCUT2D eigenvalue weighted by molar-refractivity contribution is 0.181. The van der Waals surface area contributed by atoms with Crippen LogP contribution in [0.4, 0.5) is 0 Å². The van der Waals surface area contributed by atoms with Crippen LogP contribution in [0.15, 0.2) is 0 Å². The predicted octanol–water partition coefficient (Wildman–Crippen LogP) is 2.85. The first kappa shape index (κ1) is 12.6. The van der Waals surface area contributed by atoms with Crippen LogP contribution >= 0.6 is 15.9 Å². The summed E-state index contributed by atoms with van der Waals surface area (Å²) in [5.74, 6) is 0. The Hall–Kier alpha value is 0.617. The summed E-state index contributed by atoms with van der Waals surface area (Å²) in [7, 11) is -1.93. The topological polar surface area (TPSA) is 18.5 Å². The van der Waals surface area contributed by atoms with Gasteiger partial charge in [0.05, 0.1) is 0 Å². The zero-order valence-electron chi connectivity index (χ0n) is 8.39. The Bertz CT molecular complexity index is 114. The summed E-state index contributed by atoms with van der Waals surface area (Å²) in [5.41, 5.74) is 0.497. The van der Waals surface area contributed by atoms with Crippen molar-refractivity contribution in [3.8, 4) is 0 Å². The van der Waals surface area contributed by atoms with Crippen LogP contribution in [0.1, 0.15) is 27.7 Å². The van der Waals surface area contributed by atoms with Crippen molar-refractivity contribution < 1.29 is 8.85 Å². The van der Waals surface area contributed by atoms with Gasteiger partial charge in [-0.05, 0) is 19.4 Å². The lowest BCUT2D eigenvalue weighted by Gasteiger charge is -2.31. The van der Waals surface area contributed by atoms with Gasteiger partial charge in [-0.1, -0.05) is 29.8 Å². The van der Waals surface area contributed by atoms with Crippen molar-refractivity contribution in [1.82, 2.24) is 0 Å². The number of halogens is 1. The molecular weight excluding hydrogens is 236 g/mol. The third kappa shape index (κ3) is 3.16. The van der Waals surface area contributed by atoms with Crippen LogP contribution in [0.5, 0.6) is 0 Å². The molecule has 0 N–H and O–H groups in total. The first-order chi connectivity index (χ1) is 5.63. The fourth-order valence-electron chi connectivity index (χ4n) is 1.10. The van der Waals surface area contributed by atoms with Gasteiger partial charge in [0.2, 0.25) is 0 Å². The normalized spacial score (nSPS) is 12.5. The lowest BCUT2D eigenvalue weighted by Crippen LogP contribution is -2.47. The molecule has 0 aromatic rings. The number of hydrogen-bond donors (Lipinski definition) is 0. The summed E-state index contributed by atoms with van der Waals surface area (Å²) in [4.78, 5) is 0.860. The van der Waals surface area contributed by atoms with Crippen molar-refractivity contribution in [2.24, 2.45) is 0 Å². The average Bonchev–Trinajstić information content (AvgIpc) is 2.03. The van der Waals surface area contributed by atoms with Crippen LogP contribution in [-0.2, 0) is 8.85 Å². The molecule has 0 heterocycles. The van der Waals surface area contributed by atoms with Crippen molar-refractivity contribution >= 4 is 24.5 Å². The van der Waals surface area contributed by atoms with Gasteiger partial charge in [0.15, 0.2) is 0 Å². The first-order valence-electron chi connectivity index (χ1n) is 4.46. The van der Waals surface area contributed by atoms with Crippen LogP contribution in [0.2, 0.25) is 5.54 Å². The van der Waals surface area contributed by atoms with Crippen molar-refractivity contribution in [3.05, 3.63) is 0 Å². The van der Waals surface area contributed by atoms with Crippen molar-refractivity contribution in [3.63, 3.8) is 0 Å². The van der Waals surface area contributed by atoms with E-state index in [0.29, 0.717) is 5.54 Å². The van der Waals surface area contributed by atoms with Gasteiger partial charge in [-0.3, -0.25) is 0 Å². The van der Waals surface area contributed by atoms with Crippen LogP contribution in [-0.4, -0.2) is 26.7 Å². The van der Waals surface area contributed by atoms with Crippen LogP contribution in [0, 0.1) is 0 Å². The fraction of sp³-hybridized carbons (Fsp3) is 1.00. The number of rotatable bonds is 6. The van der Waals surface area contributed by atoms with E-state index in [0.717, 1.165) is 18.2 Å². The summed E-state index contributed by atoms with van der Waals surface area (Å²) < 4.78 is 11.5. The molecule has 0 saturated heterocycles. The molecule has 2 nitrogen and oxygen atoms in total. The molecule has 0 aliphatic rings. The predicted molar refractivity (Wildman–Crippen MR) is 57.9 cm³/mol. The van der Waals surface area contributed by atoms with Gasteiger partial charge < -0.3 is 8.85 Å². The Morgan fingerprint density at radius 1 is 1.17 bits per heavy atom. The minimum atomic E-state index is -1.93. The quantitative estimate of drug-likeness (QED) is 0.536. The van der Waals surface area contributed by atoms with E-state index in [4.69, 9.17) is 8.85 Å². The Morgan fingerprint density at radius 2 is 1.58 bits per heavy atom. The van der Waals surface area contributed by atoms with Gasteiger partial charge in [-0.2, -0.15) is 0 Å². The molecule has 0 aliphatic carbocycles. The summed E-state index contributed by atoms with van der Waals surface area (Å²) in [6, 6.07) is 0. The largest absolute Gasteiger partial charge is 0.394 e. The summed E-state index contributed by atoms with van der Waals surface area (Å²) in [6.07, 6.45) is 0. The van der Waals surface area contributed by atoms with E-state index in [2.05, 4.69) is 29.8 Å².